The number of imidazole rings is 1. The molecule has 3 atom stereocenters. The molecule has 0 saturated heterocycles. The zero-order valence-corrected chi connectivity index (χ0v) is 12.4. The first-order valence-electron chi connectivity index (χ1n) is 7.42. The van der Waals surface area contributed by atoms with Crippen LogP contribution in [0.25, 0.3) is 0 Å². The van der Waals surface area contributed by atoms with Gasteiger partial charge in [0.25, 0.3) is 0 Å². The number of carbonyl (C=O) groups excluding carboxylic acids is 1. The number of nitrogens with zero attached hydrogens (tertiary/aromatic N) is 2. The summed E-state index contributed by atoms with van der Waals surface area (Å²) in [4.78, 5) is 16.1. The largest absolute Gasteiger partial charge is 0.390 e. The SMILES string of the molecule is CC(Cn1ccnc1)NC(=O)NC1c2ccccc2CC1O. The first kappa shape index (κ1) is 14.6. The van der Waals surface area contributed by atoms with Crippen LogP contribution in [0.1, 0.15) is 24.1 Å². The van der Waals surface area contributed by atoms with Crippen LogP contribution in [0.5, 0.6) is 0 Å². The summed E-state index contributed by atoms with van der Waals surface area (Å²) in [5.74, 6) is 0. The van der Waals surface area contributed by atoms with Gasteiger partial charge in [-0.3, -0.25) is 0 Å². The molecule has 2 aromatic rings. The molecule has 3 rings (SSSR count). The molecule has 6 heteroatoms. The van der Waals surface area contributed by atoms with Gasteiger partial charge in [-0.1, -0.05) is 24.3 Å². The highest BCUT2D eigenvalue weighted by Gasteiger charge is 2.31. The number of aliphatic hydroxyl groups is 1. The summed E-state index contributed by atoms with van der Waals surface area (Å²) in [6.07, 6.45) is 5.27. The first-order valence-corrected chi connectivity index (χ1v) is 7.42. The number of hydrogen-bond acceptors (Lipinski definition) is 3. The van der Waals surface area contributed by atoms with Crippen LogP contribution in [0.4, 0.5) is 4.79 Å². The molecule has 1 aromatic heterocycles. The van der Waals surface area contributed by atoms with Crippen LogP contribution in [0.3, 0.4) is 0 Å². The van der Waals surface area contributed by atoms with Crippen LogP contribution in [-0.4, -0.2) is 32.8 Å². The molecule has 1 aliphatic rings. The van der Waals surface area contributed by atoms with Gasteiger partial charge in [-0.05, 0) is 18.1 Å². The number of carbonyl (C=O) groups is 1. The molecule has 3 unspecified atom stereocenters. The van der Waals surface area contributed by atoms with E-state index in [1.54, 1.807) is 12.5 Å². The summed E-state index contributed by atoms with van der Waals surface area (Å²) in [7, 11) is 0. The molecule has 1 heterocycles. The van der Waals surface area contributed by atoms with Gasteiger partial charge in [0.1, 0.15) is 0 Å². The lowest BCUT2D eigenvalue weighted by Crippen LogP contribution is -2.45. The van der Waals surface area contributed by atoms with Crippen molar-refractivity contribution >= 4 is 6.03 Å². The third-order valence-corrected chi connectivity index (χ3v) is 3.91. The van der Waals surface area contributed by atoms with Crippen molar-refractivity contribution < 1.29 is 9.90 Å². The quantitative estimate of drug-likeness (QED) is 0.794. The summed E-state index contributed by atoms with van der Waals surface area (Å²) in [6, 6.07) is 7.14. The van der Waals surface area contributed by atoms with Crippen LogP contribution in [0.2, 0.25) is 0 Å². The van der Waals surface area contributed by atoms with Crippen molar-refractivity contribution in [1.29, 1.82) is 0 Å². The summed E-state index contributed by atoms with van der Waals surface area (Å²) in [5.41, 5.74) is 2.08. The lowest BCUT2D eigenvalue weighted by molar-refractivity contribution is 0.142. The van der Waals surface area contributed by atoms with Crippen LogP contribution < -0.4 is 10.6 Å². The Balaban J connectivity index is 1.58. The average molecular weight is 300 g/mol. The van der Waals surface area contributed by atoms with E-state index in [-0.39, 0.29) is 18.1 Å². The number of hydrogen-bond donors (Lipinski definition) is 3. The predicted octanol–water partition coefficient (Wildman–Crippen LogP) is 1.23. The van der Waals surface area contributed by atoms with E-state index in [0.717, 1.165) is 11.1 Å². The van der Waals surface area contributed by atoms with Crippen molar-refractivity contribution in [3.05, 3.63) is 54.1 Å². The van der Waals surface area contributed by atoms with Crippen molar-refractivity contribution in [2.45, 2.75) is 38.1 Å². The Morgan fingerprint density at radius 2 is 2.32 bits per heavy atom. The minimum atomic E-state index is -0.577. The number of fused-ring (bicyclic) bond motifs is 1. The van der Waals surface area contributed by atoms with Gasteiger partial charge in [-0.25, -0.2) is 9.78 Å². The Hall–Kier alpha value is -2.34. The molecule has 0 saturated carbocycles. The number of urea groups is 1. The molecule has 1 aromatic carbocycles. The van der Waals surface area contributed by atoms with Gasteiger partial charge in [0.05, 0.1) is 18.5 Å². The van der Waals surface area contributed by atoms with E-state index in [1.165, 1.54) is 0 Å². The molecule has 0 bridgehead atoms. The molecular weight excluding hydrogens is 280 g/mol. The topological polar surface area (TPSA) is 79.2 Å². The van der Waals surface area contributed by atoms with Gasteiger partial charge >= 0.3 is 6.03 Å². The van der Waals surface area contributed by atoms with Crippen molar-refractivity contribution in [3.8, 4) is 0 Å². The minimum absolute atomic E-state index is 0.0389. The molecule has 2 amide bonds. The van der Waals surface area contributed by atoms with Gasteiger partial charge in [0.2, 0.25) is 0 Å². The second kappa shape index (κ2) is 6.19. The summed E-state index contributed by atoms with van der Waals surface area (Å²) >= 11 is 0. The molecule has 0 fully saturated rings. The zero-order valence-electron chi connectivity index (χ0n) is 12.4. The van der Waals surface area contributed by atoms with Gasteiger partial charge in [0.15, 0.2) is 0 Å². The van der Waals surface area contributed by atoms with Crippen molar-refractivity contribution in [3.63, 3.8) is 0 Å². The minimum Gasteiger partial charge on any atom is -0.390 e. The smallest absolute Gasteiger partial charge is 0.315 e. The fourth-order valence-corrected chi connectivity index (χ4v) is 2.91. The Kier molecular flexibility index (Phi) is 4.11. The van der Waals surface area contributed by atoms with E-state index in [1.807, 2.05) is 42.0 Å². The highest BCUT2D eigenvalue weighted by Crippen LogP contribution is 2.30. The van der Waals surface area contributed by atoms with E-state index in [2.05, 4.69) is 15.6 Å². The number of amides is 2. The zero-order chi connectivity index (χ0) is 15.5. The molecule has 0 aliphatic heterocycles. The maximum absolute atomic E-state index is 12.1. The second-order valence-electron chi connectivity index (χ2n) is 5.73. The molecule has 22 heavy (non-hydrogen) atoms. The van der Waals surface area contributed by atoms with Gasteiger partial charge < -0.3 is 20.3 Å². The maximum Gasteiger partial charge on any atom is 0.315 e. The normalized spacial score (nSPS) is 21.2. The first-order chi connectivity index (χ1) is 10.6. The predicted molar refractivity (Wildman–Crippen MR) is 82.3 cm³/mol. The van der Waals surface area contributed by atoms with Crippen molar-refractivity contribution in [2.24, 2.45) is 0 Å². The number of benzene rings is 1. The molecule has 3 N–H and O–H groups in total. The molecule has 6 nitrogen and oxygen atoms in total. The molecule has 0 spiro atoms. The Bertz CT molecular complexity index is 641. The molecule has 0 radical (unpaired) electrons. The Morgan fingerprint density at radius 3 is 3.09 bits per heavy atom. The van der Waals surface area contributed by atoms with Crippen LogP contribution >= 0.6 is 0 Å². The highest BCUT2D eigenvalue weighted by molar-refractivity contribution is 5.75. The third-order valence-electron chi connectivity index (χ3n) is 3.91. The van der Waals surface area contributed by atoms with Crippen molar-refractivity contribution in [2.75, 3.05) is 0 Å². The standard InChI is InChI=1S/C16H20N4O2/c1-11(9-20-7-6-17-10-20)18-16(22)19-15-13-5-3-2-4-12(13)8-14(15)21/h2-7,10-11,14-15,21H,8-9H2,1H3,(H2,18,19,22). The number of rotatable bonds is 4. The third kappa shape index (κ3) is 3.12. The summed E-state index contributed by atoms with van der Waals surface area (Å²) in [6.45, 7) is 2.58. The summed E-state index contributed by atoms with van der Waals surface area (Å²) < 4.78 is 1.91. The van der Waals surface area contributed by atoms with Gasteiger partial charge in [0, 0.05) is 31.4 Å². The van der Waals surface area contributed by atoms with E-state index in [0.29, 0.717) is 13.0 Å². The lowest BCUT2D eigenvalue weighted by Gasteiger charge is -2.21. The van der Waals surface area contributed by atoms with E-state index < -0.39 is 6.10 Å². The molecule has 116 valence electrons. The van der Waals surface area contributed by atoms with Crippen LogP contribution in [-0.2, 0) is 13.0 Å². The number of aliphatic hydroxyl groups excluding tert-OH is 1. The molecular formula is C16H20N4O2. The van der Waals surface area contributed by atoms with E-state index in [4.69, 9.17) is 0 Å². The number of aromatic nitrogens is 2. The molecule has 1 aliphatic carbocycles. The summed E-state index contributed by atoms with van der Waals surface area (Å²) in [5, 5.41) is 15.9. The second-order valence-corrected chi connectivity index (χ2v) is 5.73. The van der Waals surface area contributed by atoms with Gasteiger partial charge in [-0.15, -0.1) is 0 Å². The monoisotopic (exact) mass is 300 g/mol. The number of nitrogens with one attached hydrogen (secondary N) is 2. The van der Waals surface area contributed by atoms with Crippen LogP contribution in [0, 0.1) is 0 Å². The lowest BCUT2D eigenvalue weighted by atomic mass is 10.1. The maximum atomic E-state index is 12.1. The Morgan fingerprint density at radius 1 is 1.50 bits per heavy atom. The Labute approximate surface area is 129 Å². The fourth-order valence-electron chi connectivity index (χ4n) is 2.91. The van der Waals surface area contributed by atoms with E-state index >= 15 is 0 Å². The van der Waals surface area contributed by atoms with Crippen LogP contribution in [0.15, 0.2) is 43.0 Å². The highest BCUT2D eigenvalue weighted by atomic mass is 16.3. The average Bonchev–Trinajstić information content (AvgIpc) is 3.08. The fraction of sp³-hybridized carbons (Fsp3) is 0.375. The van der Waals surface area contributed by atoms with E-state index in [9.17, 15) is 9.90 Å². The van der Waals surface area contributed by atoms with Crippen molar-refractivity contribution in [1.82, 2.24) is 20.2 Å². The van der Waals surface area contributed by atoms with Gasteiger partial charge in [-0.2, -0.15) is 0 Å².